The maximum Gasteiger partial charge on any atom is 0.534 e. The first kappa shape index (κ1) is 25.6. The molecule has 0 saturated heterocycles. The summed E-state index contributed by atoms with van der Waals surface area (Å²) in [5, 5.41) is 0. The predicted molar refractivity (Wildman–Crippen MR) is 108 cm³/mol. The Morgan fingerprint density at radius 3 is 2.17 bits per heavy atom. The van der Waals surface area contributed by atoms with Crippen LogP contribution < -0.4 is 0 Å². The van der Waals surface area contributed by atoms with E-state index in [0.717, 1.165) is 18.1 Å². The van der Waals surface area contributed by atoms with Gasteiger partial charge < -0.3 is 18.1 Å². The molecule has 176 valence electrons. The van der Waals surface area contributed by atoms with Crippen LogP contribution in [0.2, 0.25) is 18.1 Å². The first-order valence-electron chi connectivity index (χ1n) is 10.5. The summed E-state index contributed by atoms with van der Waals surface area (Å²) in [6.07, 6.45) is 3.35. The standard InChI is InChI=1S/C19H33F3O6SSi/c1-5-30(6-2,7-3)28-17-9-8-16(27-29(23,24)19(20,21)22)18(17)12-10-15(11-13-18)26-14-25-4/h8,15,17H,5-7,9-14H2,1-4H3/t15?,17-,18?/m0/s1. The summed E-state index contributed by atoms with van der Waals surface area (Å²) < 4.78 is 84.3. The molecule has 2 rings (SSSR count). The lowest BCUT2D eigenvalue weighted by Gasteiger charge is -2.45. The number of rotatable bonds is 10. The van der Waals surface area contributed by atoms with Gasteiger partial charge in [-0.3, -0.25) is 0 Å². The topological polar surface area (TPSA) is 71.1 Å². The molecule has 1 spiro atoms. The second kappa shape index (κ2) is 9.89. The van der Waals surface area contributed by atoms with Crippen LogP contribution in [0.1, 0.15) is 52.9 Å². The van der Waals surface area contributed by atoms with E-state index in [1.54, 1.807) is 0 Å². The van der Waals surface area contributed by atoms with Crippen LogP contribution in [0.4, 0.5) is 13.2 Å². The van der Waals surface area contributed by atoms with Gasteiger partial charge in [-0.15, -0.1) is 0 Å². The monoisotopic (exact) mass is 474 g/mol. The number of hydrogen-bond acceptors (Lipinski definition) is 6. The summed E-state index contributed by atoms with van der Waals surface area (Å²) in [4.78, 5) is 0. The third-order valence-corrected chi connectivity index (χ3v) is 12.3. The predicted octanol–water partition coefficient (Wildman–Crippen LogP) is 5.08. The van der Waals surface area contributed by atoms with Gasteiger partial charge in [-0.1, -0.05) is 20.8 Å². The Kier molecular flexibility index (Phi) is 8.45. The summed E-state index contributed by atoms with van der Waals surface area (Å²) in [7, 11) is -6.28. The Balaban J connectivity index is 2.30. The Hall–Kier alpha value is -0.623. The van der Waals surface area contributed by atoms with E-state index in [0.29, 0.717) is 32.1 Å². The van der Waals surface area contributed by atoms with Gasteiger partial charge in [0.25, 0.3) is 0 Å². The maximum absolute atomic E-state index is 13.0. The van der Waals surface area contributed by atoms with Crippen molar-refractivity contribution in [3.63, 3.8) is 0 Å². The molecule has 0 aliphatic heterocycles. The van der Waals surface area contributed by atoms with E-state index < -0.39 is 29.4 Å². The molecule has 1 saturated carbocycles. The van der Waals surface area contributed by atoms with Crippen molar-refractivity contribution in [3.05, 3.63) is 11.8 Å². The molecule has 0 aromatic heterocycles. The molecule has 0 unspecified atom stereocenters. The Morgan fingerprint density at radius 1 is 1.13 bits per heavy atom. The summed E-state index contributed by atoms with van der Waals surface area (Å²) in [5.41, 5.74) is -6.36. The van der Waals surface area contributed by atoms with Crippen LogP contribution in [-0.2, 0) is 28.2 Å². The van der Waals surface area contributed by atoms with Gasteiger partial charge in [0.1, 0.15) is 12.6 Å². The zero-order valence-electron chi connectivity index (χ0n) is 18.1. The molecule has 1 atom stereocenters. The van der Waals surface area contributed by atoms with E-state index in [1.807, 2.05) is 0 Å². The first-order valence-corrected chi connectivity index (χ1v) is 14.4. The van der Waals surface area contributed by atoms with Crippen LogP contribution >= 0.6 is 0 Å². The van der Waals surface area contributed by atoms with Crippen molar-refractivity contribution in [1.82, 2.24) is 0 Å². The molecule has 30 heavy (non-hydrogen) atoms. The fourth-order valence-corrected chi connectivity index (χ4v) is 8.04. The number of methoxy groups -OCH3 is 1. The minimum atomic E-state index is -5.73. The van der Waals surface area contributed by atoms with Gasteiger partial charge in [0.15, 0.2) is 8.32 Å². The first-order chi connectivity index (χ1) is 14.0. The minimum absolute atomic E-state index is 0.0946. The van der Waals surface area contributed by atoms with Gasteiger partial charge in [0, 0.05) is 7.11 Å². The lowest BCUT2D eigenvalue weighted by molar-refractivity contribution is -0.101. The van der Waals surface area contributed by atoms with Crippen LogP contribution in [0.5, 0.6) is 0 Å². The van der Waals surface area contributed by atoms with Crippen molar-refractivity contribution in [2.75, 3.05) is 13.9 Å². The summed E-state index contributed by atoms with van der Waals surface area (Å²) >= 11 is 0. The molecule has 6 nitrogen and oxygen atoms in total. The highest BCUT2D eigenvalue weighted by molar-refractivity contribution is 7.87. The van der Waals surface area contributed by atoms with E-state index in [9.17, 15) is 21.6 Å². The molecule has 2 aliphatic rings. The highest BCUT2D eigenvalue weighted by atomic mass is 32.2. The zero-order chi connectivity index (χ0) is 22.6. The smallest absolute Gasteiger partial charge is 0.413 e. The van der Waals surface area contributed by atoms with E-state index >= 15 is 0 Å². The summed E-state index contributed by atoms with van der Waals surface area (Å²) in [6, 6.07) is 2.68. The van der Waals surface area contributed by atoms with E-state index in [4.69, 9.17) is 18.1 Å². The molecule has 0 aromatic rings. The lowest BCUT2D eigenvalue weighted by atomic mass is 9.70. The quantitative estimate of drug-likeness (QED) is 0.190. The normalized spacial score (nSPS) is 28.0. The van der Waals surface area contributed by atoms with E-state index in [-0.39, 0.29) is 24.8 Å². The second-order valence-corrected chi connectivity index (χ2v) is 14.3. The number of alkyl halides is 3. The Morgan fingerprint density at radius 2 is 1.70 bits per heavy atom. The van der Waals surface area contributed by atoms with Gasteiger partial charge >= 0.3 is 15.6 Å². The SMILES string of the molecule is CC[Si](CC)(CC)O[C@H]1CC=C(OS(=O)(=O)C(F)(F)F)C12CCC(OCOC)CC2. The van der Waals surface area contributed by atoms with E-state index in [2.05, 4.69) is 20.8 Å². The number of halogens is 3. The van der Waals surface area contributed by atoms with Gasteiger partial charge in [-0.05, 0) is 56.3 Å². The van der Waals surface area contributed by atoms with Crippen molar-refractivity contribution < 1.29 is 39.7 Å². The van der Waals surface area contributed by atoms with Gasteiger partial charge in [0.05, 0.1) is 17.6 Å². The molecular weight excluding hydrogens is 441 g/mol. The van der Waals surface area contributed by atoms with Crippen molar-refractivity contribution in [2.24, 2.45) is 5.41 Å². The van der Waals surface area contributed by atoms with Crippen molar-refractivity contribution in [1.29, 1.82) is 0 Å². The van der Waals surface area contributed by atoms with Gasteiger partial charge in [0.2, 0.25) is 0 Å². The second-order valence-electron chi connectivity index (χ2n) is 8.07. The molecular formula is C19H33F3O6SSi. The Bertz CT molecular complexity index is 689. The highest BCUT2D eigenvalue weighted by Crippen LogP contribution is 2.54. The average molecular weight is 475 g/mol. The maximum atomic E-state index is 13.0. The summed E-state index contributed by atoms with van der Waals surface area (Å²) in [6.45, 7) is 6.37. The largest absolute Gasteiger partial charge is 0.534 e. The van der Waals surface area contributed by atoms with E-state index in [1.165, 1.54) is 13.2 Å². The highest BCUT2D eigenvalue weighted by Gasteiger charge is 2.56. The van der Waals surface area contributed by atoms with Gasteiger partial charge in [-0.25, -0.2) is 0 Å². The van der Waals surface area contributed by atoms with Crippen LogP contribution in [0.15, 0.2) is 11.8 Å². The van der Waals surface area contributed by atoms with Crippen LogP contribution in [0.25, 0.3) is 0 Å². The molecule has 0 N–H and O–H groups in total. The number of hydrogen-bond donors (Lipinski definition) is 0. The molecule has 11 heteroatoms. The van der Waals surface area contributed by atoms with Crippen LogP contribution in [0.3, 0.4) is 0 Å². The fraction of sp³-hybridized carbons (Fsp3) is 0.895. The average Bonchev–Trinajstić information content (AvgIpc) is 3.01. The van der Waals surface area contributed by atoms with Crippen molar-refractivity contribution in [2.45, 2.75) is 88.7 Å². The van der Waals surface area contributed by atoms with Crippen LogP contribution in [-0.4, -0.2) is 48.4 Å². The molecule has 0 bridgehead atoms. The molecule has 1 fully saturated rings. The van der Waals surface area contributed by atoms with Gasteiger partial charge in [-0.2, -0.15) is 21.6 Å². The number of ether oxygens (including phenoxy) is 2. The van der Waals surface area contributed by atoms with Crippen molar-refractivity contribution >= 4 is 18.4 Å². The minimum Gasteiger partial charge on any atom is -0.413 e. The molecule has 0 aromatic carbocycles. The molecule has 0 amide bonds. The van der Waals surface area contributed by atoms with Crippen LogP contribution in [0, 0.1) is 5.41 Å². The van der Waals surface area contributed by atoms with Crippen molar-refractivity contribution in [3.8, 4) is 0 Å². The summed E-state index contributed by atoms with van der Waals surface area (Å²) in [5.74, 6) is -0.124. The lowest BCUT2D eigenvalue weighted by Crippen LogP contribution is -2.48. The third-order valence-electron chi connectivity index (χ3n) is 6.68. The zero-order valence-corrected chi connectivity index (χ0v) is 19.9. The molecule has 0 radical (unpaired) electrons. The molecule has 2 aliphatic carbocycles. The third kappa shape index (κ3) is 5.23. The Labute approximate surface area is 178 Å². The fourth-order valence-electron chi connectivity index (χ4n) is 4.55. The molecule has 0 heterocycles.